The molecule has 0 spiro atoms. The number of hydrogen-bond donors (Lipinski definition) is 0. The smallest absolute Gasteiger partial charge is 0.359 e. The summed E-state index contributed by atoms with van der Waals surface area (Å²) in [5, 5.41) is 4.39. The molecule has 1 aromatic heterocycles. The molecule has 0 aromatic carbocycles. The van der Waals surface area contributed by atoms with Crippen LogP contribution >= 0.6 is 0 Å². The highest BCUT2D eigenvalue weighted by Gasteiger charge is 2.51. The zero-order valence-corrected chi connectivity index (χ0v) is 17.1. The summed E-state index contributed by atoms with van der Waals surface area (Å²) < 4.78 is 6.96. The maximum Gasteiger partial charge on any atom is 0.359 e. The molecule has 4 aliphatic carbocycles. The predicted molar refractivity (Wildman–Crippen MR) is 104 cm³/mol. The highest BCUT2D eigenvalue weighted by atomic mass is 16.5. The summed E-state index contributed by atoms with van der Waals surface area (Å²) in [6, 6.07) is 0. The Morgan fingerprint density at radius 3 is 2.39 bits per heavy atom. The SMILES string of the molecule is CCOC(=O)c1nn(C)c2c1CN(C(=O)CC13CC4CC(CC(C4)C1)C3)CC2. The van der Waals surface area contributed by atoms with Gasteiger partial charge >= 0.3 is 5.97 Å². The monoisotopic (exact) mass is 385 g/mol. The number of rotatable bonds is 4. The first-order chi connectivity index (χ1) is 13.5. The highest BCUT2D eigenvalue weighted by molar-refractivity contribution is 5.89. The van der Waals surface area contributed by atoms with E-state index in [-0.39, 0.29) is 17.3 Å². The number of fused-ring (bicyclic) bond motifs is 1. The van der Waals surface area contributed by atoms with Gasteiger partial charge in [-0.15, -0.1) is 0 Å². The van der Waals surface area contributed by atoms with Crippen molar-refractivity contribution >= 4 is 11.9 Å². The minimum atomic E-state index is -0.380. The molecule has 1 amide bonds. The number of ether oxygens (including phenoxy) is 1. The first-order valence-corrected chi connectivity index (χ1v) is 11.0. The summed E-state index contributed by atoms with van der Waals surface area (Å²) in [5.41, 5.74) is 2.57. The third-order valence-corrected chi connectivity index (χ3v) is 7.76. The number of esters is 1. The van der Waals surface area contributed by atoms with Gasteiger partial charge < -0.3 is 9.64 Å². The maximum atomic E-state index is 13.3. The van der Waals surface area contributed by atoms with E-state index in [9.17, 15) is 9.59 Å². The third-order valence-electron chi connectivity index (χ3n) is 7.76. The van der Waals surface area contributed by atoms with Crippen LogP contribution in [0.4, 0.5) is 0 Å². The molecule has 6 rings (SSSR count). The van der Waals surface area contributed by atoms with Gasteiger partial charge in [0.15, 0.2) is 5.69 Å². The van der Waals surface area contributed by atoms with Crippen LogP contribution in [-0.4, -0.2) is 39.7 Å². The van der Waals surface area contributed by atoms with Gasteiger partial charge in [-0.3, -0.25) is 9.48 Å². The molecule has 4 fully saturated rings. The molecule has 28 heavy (non-hydrogen) atoms. The molecule has 4 bridgehead atoms. The molecule has 0 N–H and O–H groups in total. The summed E-state index contributed by atoms with van der Waals surface area (Å²) in [5.74, 6) is 2.48. The second-order valence-corrected chi connectivity index (χ2v) is 9.78. The summed E-state index contributed by atoms with van der Waals surface area (Å²) in [6.45, 7) is 3.34. The van der Waals surface area contributed by atoms with E-state index in [0.717, 1.165) is 42.0 Å². The molecule has 6 heteroatoms. The van der Waals surface area contributed by atoms with Crippen molar-refractivity contribution in [2.75, 3.05) is 13.2 Å². The lowest BCUT2D eigenvalue weighted by Gasteiger charge is -2.57. The minimum Gasteiger partial charge on any atom is -0.461 e. The van der Waals surface area contributed by atoms with E-state index in [2.05, 4.69) is 5.10 Å². The fourth-order valence-electron chi connectivity index (χ4n) is 7.11. The van der Waals surface area contributed by atoms with Crippen LogP contribution in [-0.2, 0) is 29.5 Å². The van der Waals surface area contributed by atoms with Crippen molar-refractivity contribution in [1.29, 1.82) is 0 Å². The Morgan fingerprint density at radius 1 is 1.14 bits per heavy atom. The molecule has 0 saturated heterocycles. The van der Waals surface area contributed by atoms with E-state index >= 15 is 0 Å². The maximum absolute atomic E-state index is 13.3. The lowest BCUT2D eigenvalue weighted by atomic mass is 9.49. The molecule has 0 radical (unpaired) electrons. The number of aromatic nitrogens is 2. The normalized spacial score (nSPS) is 33.1. The number of carbonyl (C=O) groups is 2. The van der Waals surface area contributed by atoms with Crippen LogP contribution < -0.4 is 0 Å². The largest absolute Gasteiger partial charge is 0.461 e. The fraction of sp³-hybridized carbons (Fsp3) is 0.773. The van der Waals surface area contributed by atoms with Crippen LogP contribution in [0.3, 0.4) is 0 Å². The zero-order chi connectivity index (χ0) is 19.5. The van der Waals surface area contributed by atoms with E-state index in [1.807, 2.05) is 11.9 Å². The Morgan fingerprint density at radius 2 is 1.79 bits per heavy atom. The molecule has 0 unspecified atom stereocenters. The average molecular weight is 386 g/mol. The van der Waals surface area contributed by atoms with Gasteiger partial charge in [0.05, 0.1) is 6.61 Å². The molecule has 1 aliphatic heterocycles. The zero-order valence-electron chi connectivity index (χ0n) is 17.1. The van der Waals surface area contributed by atoms with Crippen LogP contribution in [0.1, 0.15) is 73.6 Å². The Balaban J connectivity index is 1.32. The van der Waals surface area contributed by atoms with E-state index in [4.69, 9.17) is 4.74 Å². The molecule has 5 aliphatic rings. The lowest BCUT2D eigenvalue weighted by Crippen LogP contribution is -2.49. The quantitative estimate of drug-likeness (QED) is 0.747. The number of aryl methyl sites for hydroxylation is 1. The molecule has 6 nitrogen and oxygen atoms in total. The van der Waals surface area contributed by atoms with E-state index in [1.165, 1.54) is 38.5 Å². The summed E-state index contributed by atoms with van der Waals surface area (Å²) in [4.78, 5) is 27.6. The van der Waals surface area contributed by atoms with Gasteiger partial charge in [-0.05, 0) is 68.6 Å². The van der Waals surface area contributed by atoms with Gasteiger partial charge in [0.25, 0.3) is 0 Å². The second kappa shape index (κ2) is 6.60. The van der Waals surface area contributed by atoms with Gasteiger partial charge in [-0.25, -0.2) is 4.79 Å². The average Bonchev–Trinajstić information content (AvgIpc) is 2.97. The van der Waals surface area contributed by atoms with Crippen molar-refractivity contribution in [2.45, 2.75) is 64.8 Å². The van der Waals surface area contributed by atoms with Crippen molar-refractivity contribution in [3.8, 4) is 0 Å². The highest BCUT2D eigenvalue weighted by Crippen LogP contribution is 2.61. The Bertz CT molecular complexity index is 777. The Hall–Kier alpha value is -1.85. The predicted octanol–water partition coefficient (Wildman–Crippen LogP) is 3.09. The van der Waals surface area contributed by atoms with Crippen molar-refractivity contribution in [3.05, 3.63) is 17.0 Å². The van der Waals surface area contributed by atoms with Crippen LogP contribution in [0.2, 0.25) is 0 Å². The van der Waals surface area contributed by atoms with Gasteiger partial charge in [0, 0.05) is 44.2 Å². The molecule has 4 saturated carbocycles. The minimum absolute atomic E-state index is 0.255. The molecule has 152 valence electrons. The first-order valence-electron chi connectivity index (χ1n) is 11.0. The summed E-state index contributed by atoms with van der Waals surface area (Å²) in [7, 11) is 1.87. The van der Waals surface area contributed by atoms with E-state index < -0.39 is 0 Å². The van der Waals surface area contributed by atoms with Gasteiger partial charge in [0.2, 0.25) is 5.91 Å². The summed E-state index contributed by atoms with van der Waals surface area (Å²) in [6.07, 6.45) is 9.42. The molecular formula is C22H31N3O3. The van der Waals surface area contributed by atoms with E-state index in [1.54, 1.807) is 11.6 Å². The molecule has 2 heterocycles. The van der Waals surface area contributed by atoms with Crippen LogP contribution in [0, 0.1) is 23.2 Å². The third kappa shape index (κ3) is 2.96. The first kappa shape index (κ1) is 18.2. The van der Waals surface area contributed by atoms with Crippen LogP contribution in [0.15, 0.2) is 0 Å². The number of amides is 1. The fourth-order valence-corrected chi connectivity index (χ4v) is 7.11. The number of nitrogens with zero attached hydrogens (tertiary/aromatic N) is 3. The van der Waals surface area contributed by atoms with Crippen molar-refractivity contribution < 1.29 is 14.3 Å². The lowest BCUT2D eigenvalue weighted by molar-refractivity contribution is -0.140. The number of hydrogen-bond acceptors (Lipinski definition) is 4. The van der Waals surface area contributed by atoms with Crippen LogP contribution in [0.5, 0.6) is 0 Å². The van der Waals surface area contributed by atoms with Crippen molar-refractivity contribution in [2.24, 2.45) is 30.2 Å². The summed E-state index contributed by atoms with van der Waals surface area (Å²) >= 11 is 0. The molecular weight excluding hydrogens is 354 g/mol. The Kier molecular flexibility index (Phi) is 4.29. The standard InChI is InChI=1S/C22H31N3O3/c1-3-28-21(27)20-17-13-25(5-4-18(17)24(2)23-20)19(26)12-22-9-14-6-15(10-22)8-16(7-14)11-22/h14-16H,3-13H2,1-2H3. The van der Waals surface area contributed by atoms with Gasteiger partial charge in [0.1, 0.15) is 0 Å². The number of carbonyl (C=O) groups excluding carboxylic acids is 2. The second-order valence-electron chi connectivity index (χ2n) is 9.78. The van der Waals surface area contributed by atoms with Crippen LogP contribution in [0.25, 0.3) is 0 Å². The topological polar surface area (TPSA) is 64.4 Å². The van der Waals surface area contributed by atoms with Gasteiger partial charge in [-0.1, -0.05) is 0 Å². The van der Waals surface area contributed by atoms with E-state index in [0.29, 0.717) is 25.3 Å². The molecule has 0 atom stereocenters. The van der Waals surface area contributed by atoms with Gasteiger partial charge in [-0.2, -0.15) is 5.10 Å². The Labute approximate surface area is 166 Å². The van der Waals surface area contributed by atoms with Crippen molar-refractivity contribution in [3.63, 3.8) is 0 Å². The molecule has 1 aromatic rings. The van der Waals surface area contributed by atoms with Crippen molar-refractivity contribution in [1.82, 2.24) is 14.7 Å².